The van der Waals surface area contributed by atoms with E-state index in [0.29, 0.717) is 13.0 Å². The molecule has 2 rings (SSSR count). The van der Waals surface area contributed by atoms with Gasteiger partial charge in [0.05, 0.1) is 12.3 Å². The van der Waals surface area contributed by atoms with E-state index in [1.54, 1.807) is 13.3 Å². The number of nitrogens with zero attached hydrogens (tertiary/aromatic N) is 1. The van der Waals surface area contributed by atoms with Crippen molar-refractivity contribution in [2.75, 3.05) is 19.0 Å². The molecule has 0 aliphatic carbocycles. The molecule has 25 heavy (non-hydrogen) atoms. The number of carbonyl (C=O) groups excluding carboxylic acids is 1. The number of benzene rings is 1. The van der Waals surface area contributed by atoms with E-state index in [4.69, 9.17) is 9.47 Å². The van der Waals surface area contributed by atoms with E-state index < -0.39 is 5.60 Å². The molecule has 0 aliphatic rings. The van der Waals surface area contributed by atoms with Gasteiger partial charge >= 0.3 is 0 Å². The van der Waals surface area contributed by atoms with Crippen molar-refractivity contribution in [2.24, 2.45) is 0 Å². The second kappa shape index (κ2) is 8.81. The Hall–Kier alpha value is -2.14. The lowest BCUT2D eigenvalue weighted by Crippen LogP contribution is -2.41. The molecular formula is C20H28N2O3. The summed E-state index contributed by atoms with van der Waals surface area (Å²) in [5.41, 5.74) is 0.626. The van der Waals surface area contributed by atoms with Crippen LogP contribution in [0.25, 0.3) is 10.9 Å². The highest BCUT2D eigenvalue weighted by Crippen LogP contribution is 2.31. The highest BCUT2D eigenvalue weighted by molar-refractivity contribution is 6.05. The molecule has 2 aromatic rings. The molecule has 1 N–H and O–H groups in total. The van der Waals surface area contributed by atoms with Gasteiger partial charge in [0.1, 0.15) is 16.9 Å². The number of amides is 1. The lowest BCUT2D eigenvalue weighted by molar-refractivity contribution is -0.136. The summed E-state index contributed by atoms with van der Waals surface area (Å²) >= 11 is 0. The third-order valence-electron chi connectivity index (χ3n) is 4.39. The van der Waals surface area contributed by atoms with Crippen molar-refractivity contribution in [3.05, 3.63) is 30.5 Å². The summed E-state index contributed by atoms with van der Waals surface area (Å²) in [6, 6.07) is 7.53. The summed E-state index contributed by atoms with van der Waals surface area (Å²) in [7, 11) is 1.57. The Labute approximate surface area is 149 Å². The van der Waals surface area contributed by atoms with Crippen LogP contribution in [-0.2, 0) is 9.53 Å². The number of nitrogens with one attached hydrogen (secondary N) is 1. The number of carbonyl (C=O) groups is 1. The van der Waals surface area contributed by atoms with Crippen molar-refractivity contribution >= 4 is 22.5 Å². The first-order valence-electron chi connectivity index (χ1n) is 8.92. The van der Waals surface area contributed by atoms with Gasteiger partial charge < -0.3 is 14.8 Å². The van der Waals surface area contributed by atoms with Crippen LogP contribution in [0.15, 0.2) is 30.5 Å². The minimum Gasteiger partial charge on any atom is -0.491 e. The maximum atomic E-state index is 12.7. The number of ether oxygens (including phenoxy) is 2. The number of fused-ring (bicyclic) bond motifs is 1. The van der Waals surface area contributed by atoms with Crippen molar-refractivity contribution < 1.29 is 14.3 Å². The number of anilines is 1. The SMILES string of the molecule is CCCCOc1ccc(NC(=O)[C@@](C)(CCC)OC)c2cccnc12. The minimum absolute atomic E-state index is 0.151. The number of methoxy groups -OCH3 is 1. The molecule has 0 radical (unpaired) electrons. The highest BCUT2D eigenvalue weighted by Gasteiger charge is 2.32. The molecule has 5 heteroatoms. The third kappa shape index (κ3) is 4.48. The van der Waals surface area contributed by atoms with Gasteiger partial charge in [0, 0.05) is 18.7 Å². The number of hydrogen-bond acceptors (Lipinski definition) is 4. The van der Waals surface area contributed by atoms with Crippen LogP contribution in [0.1, 0.15) is 46.5 Å². The fraction of sp³-hybridized carbons (Fsp3) is 0.500. The van der Waals surface area contributed by atoms with E-state index in [1.807, 2.05) is 38.1 Å². The Kier molecular flexibility index (Phi) is 6.76. The van der Waals surface area contributed by atoms with E-state index in [2.05, 4.69) is 17.2 Å². The molecular weight excluding hydrogens is 316 g/mol. The van der Waals surface area contributed by atoms with Gasteiger partial charge in [-0.1, -0.05) is 26.7 Å². The van der Waals surface area contributed by atoms with Crippen LogP contribution in [0.4, 0.5) is 5.69 Å². The summed E-state index contributed by atoms with van der Waals surface area (Å²) in [6.07, 6.45) is 5.33. The zero-order valence-electron chi connectivity index (χ0n) is 15.6. The Balaban J connectivity index is 2.30. The minimum atomic E-state index is -0.848. The fourth-order valence-corrected chi connectivity index (χ4v) is 2.74. The van der Waals surface area contributed by atoms with E-state index in [9.17, 15) is 4.79 Å². The Morgan fingerprint density at radius 3 is 2.72 bits per heavy atom. The fourth-order valence-electron chi connectivity index (χ4n) is 2.74. The molecule has 0 fully saturated rings. The first-order valence-corrected chi connectivity index (χ1v) is 8.92. The smallest absolute Gasteiger partial charge is 0.256 e. The lowest BCUT2D eigenvalue weighted by Gasteiger charge is -2.26. The van der Waals surface area contributed by atoms with Gasteiger partial charge in [0.25, 0.3) is 5.91 Å². The Bertz CT molecular complexity index is 717. The normalized spacial score (nSPS) is 13.4. The van der Waals surface area contributed by atoms with E-state index in [1.165, 1.54) is 0 Å². The standard InChI is InChI=1S/C20H28N2O3/c1-5-7-14-25-17-11-10-16(15-9-8-13-21-18(15)17)22-19(23)20(3,24-4)12-6-2/h8-11,13H,5-7,12,14H2,1-4H3,(H,22,23)/t20-/m1/s1. The van der Waals surface area contributed by atoms with Gasteiger partial charge in [-0.25, -0.2) is 0 Å². The van der Waals surface area contributed by atoms with E-state index in [-0.39, 0.29) is 5.91 Å². The van der Waals surface area contributed by atoms with Gasteiger partial charge in [-0.05, 0) is 44.0 Å². The summed E-state index contributed by atoms with van der Waals surface area (Å²) in [5, 5.41) is 3.86. The molecule has 1 heterocycles. The molecule has 1 aromatic carbocycles. The van der Waals surface area contributed by atoms with Crippen molar-refractivity contribution in [3.63, 3.8) is 0 Å². The number of pyridine rings is 1. The zero-order chi connectivity index (χ0) is 18.3. The van der Waals surface area contributed by atoms with Crippen LogP contribution in [0.2, 0.25) is 0 Å². The van der Waals surface area contributed by atoms with Gasteiger partial charge in [-0.15, -0.1) is 0 Å². The molecule has 0 saturated heterocycles. The first-order chi connectivity index (χ1) is 12.1. The average Bonchev–Trinajstić information content (AvgIpc) is 2.63. The first kappa shape index (κ1) is 19.2. The Morgan fingerprint density at radius 2 is 2.04 bits per heavy atom. The molecule has 0 aliphatic heterocycles. The van der Waals surface area contributed by atoms with Crippen LogP contribution in [-0.4, -0.2) is 30.2 Å². The van der Waals surface area contributed by atoms with Gasteiger partial charge in [-0.2, -0.15) is 0 Å². The number of aromatic nitrogens is 1. The third-order valence-corrected chi connectivity index (χ3v) is 4.39. The van der Waals surface area contributed by atoms with Crippen LogP contribution in [0.3, 0.4) is 0 Å². The second-order valence-corrected chi connectivity index (χ2v) is 6.35. The average molecular weight is 344 g/mol. The van der Waals surface area contributed by atoms with Gasteiger partial charge in [-0.3, -0.25) is 9.78 Å². The van der Waals surface area contributed by atoms with Crippen molar-refractivity contribution in [1.29, 1.82) is 0 Å². The topological polar surface area (TPSA) is 60.5 Å². The summed E-state index contributed by atoms with van der Waals surface area (Å²) in [6.45, 7) is 6.63. The van der Waals surface area contributed by atoms with Crippen molar-refractivity contribution in [3.8, 4) is 5.75 Å². The quantitative estimate of drug-likeness (QED) is 0.678. The van der Waals surface area contributed by atoms with Crippen LogP contribution in [0, 0.1) is 0 Å². The molecule has 0 saturated carbocycles. The maximum Gasteiger partial charge on any atom is 0.256 e. The van der Waals surface area contributed by atoms with E-state index in [0.717, 1.165) is 41.6 Å². The molecule has 0 bridgehead atoms. The van der Waals surface area contributed by atoms with Crippen LogP contribution in [0.5, 0.6) is 5.75 Å². The molecule has 1 amide bonds. The zero-order valence-corrected chi connectivity index (χ0v) is 15.6. The number of unbranched alkanes of at least 4 members (excludes halogenated alkanes) is 1. The number of rotatable bonds is 9. The molecule has 136 valence electrons. The van der Waals surface area contributed by atoms with Crippen LogP contribution >= 0.6 is 0 Å². The monoisotopic (exact) mass is 344 g/mol. The molecule has 1 atom stereocenters. The molecule has 1 aromatic heterocycles. The van der Waals surface area contributed by atoms with Crippen molar-refractivity contribution in [2.45, 2.75) is 52.1 Å². The van der Waals surface area contributed by atoms with Crippen LogP contribution < -0.4 is 10.1 Å². The summed E-state index contributed by atoms with van der Waals surface area (Å²) in [4.78, 5) is 17.1. The molecule has 5 nitrogen and oxygen atoms in total. The van der Waals surface area contributed by atoms with Gasteiger partial charge in [0.15, 0.2) is 0 Å². The van der Waals surface area contributed by atoms with E-state index >= 15 is 0 Å². The Morgan fingerprint density at radius 1 is 1.24 bits per heavy atom. The predicted molar refractivity (Wildman–Crippen MR) is 101 cm³/mol. The van der Waals surface area contributed by atoms with Crippen molar-refractivity contribution in [1.82, 2.24) is 4.98 Å². The second-order valence-electron chi connectivity index (χ2n) is 6.35. The lowest BCUT2D eigenvalue weighted by atomic mass is 9.99. The molecule has 0 spiro atoms. The summed E-state index contributed by atoms with van der Waals surface area (Å²) < 4.78 is 11.3. The highest BCUT2D eigenvalue weighted by atomic mass is 16.5. The molecule has 0 unspecified atom stereocenters. The summed E-state index contributed by atoms with van der Waals surface area (Å²) in [5.74, 6) is 0.590. The van der Waals surface area contributed by atoms with Gasteiger partial charge in [0.2, 0.25) is 0 Å². The number of hydrogen-bond donors (Lipinski definition) is 1. The predicted octanol–water partition coefficient (Wildman–Crippen LogP) is 4.56. The largest absolute Gasteiger partial charge is 0.491 e. The maximum absolute atomic E-state index is 12.7.